The quantitative estimate of drug-likeness (QED) is 0.448. The van der Waals surface area contributed by atoms with Gasteiger partial charge in [0.15, 0.2) is 5.03 Å². The predicted molar refractivity (Wildman–Crippen MR) is 118 cm³/mol. The molecule has 0 aliphatic carbocycles. The van der Waals surface area contributed by atoms with Crippen LogP contribution < -0.4 is 15.4 Å². The van der Waals surface area contributed by atoms with E-state index in [1.54, 1.807) is 4.57 Å². The number of anilines is 3. The highest BCUT2D eigenvalue weighted by Crippen LogP contribution is 2.17. The van der Waals surface area contributed by atoms with E-state index in [4.69, 9.17) is 0 Å². The van der Waals surface area contributed by atoms with E-state index >= 15 is 0 Å². The molecular formula is C20H27N7O2S. The second kappa shape index (κ2) is 9.23. The van der Waals surface area contributed by atoms with Crippen molar-refractivity contribution in [3.63, 3.8) is 0 Å². The summed E-state index contributed by atoms with van der Waals surface area (Å²) in [7, 11) is -3.66. The van der Waals surface area contributed by atoms with Gasteiger partial charge in [-0.05, 0) is 39.8 Å². The van der Waals surface area contributed by atoms with Crippen molar-refractivity contribution in [3.05, 3.63) is 54.1 Å². The van der Waals surface area contributed by atoms with Crippen molar-refractivity contribution < 1.29 is 8.42 Å². The average molecular weight is 430 g/mol. The highest BCUT2D eigenvalue weighted by molar-refractivity contribution is 7.89. The summed E-state index contributed by atoms with van der Waals surface area (Å²) in [4.78, 5) is 12.8. The van der Waals surface area contributed by atoms with Gasteiger partial charge in [-0.2, -0.15) is 4.98 Å². The van der Waals surface area contributed by atoms with E-state index in [9.17, 15) is 8.42 Å². The number of sulfonamides is 1. The van der Waals surface area contributed by atoms with Gasteiger partial charge in [0.2, 0.25) is 5.95 Å². The third-order valence-corrected chi connectivity index (χ3v) is 5.67. The maximum atomic E-state index is 12.4. The second-order valence-electron chi connectivity index (χ2n) is 7.29. The molecule has 3 aromatic rings. The number of aromatic nitrogens is 4. The molecule has 0 unspecified atom stereocenters. The monoisotopic (exact) mass is 429 g/mol. The van der Waals surface area contributed by atoms with E-state index < -0.39 is 10.0 Å². The standard InChI is InChI=1S/C20H27N7O2S/c1-14(2)27-12-19(22-13-27)30(28,29)23-10-9-21-20-24-16(4)11-18(26-20)25-17-7-5-15(3)6-8-17/h5-8,11-14,23H,9-10H2,1-4H3,(H2,21,24,25,26). The molecule has 1 aromatic carbocycles. The van der Waals surface area contributed by atoms with Gasteiger partial charge in [-0.15, -0.1) is 0 Å². The maximum Gasteiger partial charge on any atom is 0.259 e. The fourth-order valence-electron chi connectivity index (χ4n) is 2.67. The first-order valence-electron chi connectivity index (χ1n) is 9.69. The van der Waals surface area contributed by atoms with Gasteiger partial charge in [-0.3, -0.25) is 0 Å². The van der Waals surface area contributed by atoms with Crippen molar-refractivity contribution in [1.82, 2.24) is 24.2 Å². The fraction of sp³-hybridized carbons (Fsp3) is 0.350. The van der Waals surface area contributed by atoms with Crippen LogP contribution in [0.25, 0.3) is 0 Å². The van der Waals surface area contributed by atoms with Crippen molar-refractivity contribution in [2.75, 3.05) is 23.7 Å². The molecule has 0 bridgehead atoms. The molecule has 0 saturated carbocycles. The lowest BCUT2D eigenvalue weighted by Crippen LogP contribution is -2.29. The molecule has 2 aromatic heterocycles. The number of hydrogen-bond donors (Lipinski definition) is 3. The van der Waals surface area contributed by atoms with Crippen LogP contribution in [0.5, 0.6) is 0 Å². The summed E-state index contributed by atoms with van der Waals surface area (Å²) >= 11 is 0. The average Bonchev–Trinajstić information content (AvgIpc) is 3.18. The summed E-state index contributed by atoms with van der Waals surface area (Å²) in [5, 5.41) is 6.31. The first-order chi connectivity index (χ1) is 14.2. The SMILES string of the molecule is Cc1ccc(Nc2cc(C)nc(NCCNS(=O)(=O)c3cn(C(C)C)cn3)n2)cc1. The second-order valence-corrected chi connectivity index (χ2v) is 9.00. The molecule has 10 heteroatoms. The Balaban J connectivity index is 1.56. The summed E-state index contributed by atoms with van der Waals surface area (Å²) in [6.45, 7) is 8.33. The van der Waals surface area contributed by atoms with Crippen LogP contribution in [0.3, 0.4) is 0 Å². The largest absolute Gasteiger partial charge is 0.353 e. The molecule has 0 saturated heterocycles. The molecule has 30 heavy (non-hydrogen) atoms. The van der Waals surface area contributed by atoms with Crippen molar-refractivity contribution in [2.24, 2.45) is 0 Å². The van der Waals surface area contributed by atoms with Crippen molar-refractivity contribution in [3.8, 4) is 0 Å². The predicted octanol–water partition coefficient (Wildman–Crippen LogP) is 3.00. The molecule has 0 aliphatic heterocycles. The minimum atomic E-state index is -3.66. The van der Waals surface area contributed by atoms with Gasteiger partial charge in [0.1, 0.15) is 5.82 Å². The molecule has 0 aliphatic rings. The number of nitrogens with one attached hydrogen (secondary N) is 3. The number of nitrogens with zero attached hydrogens (tertiary/aromatic N) is 4. The highest BCUT2D eigenvalue weighted by Gasteiger charge is 2.17. The van der Waals surface area contributed by atoms with Gasteiger partial charge in [-0.25, -0.2) is 23.1 Å². The molecule has 9 nitrogen and oxygen atoms in total. The van der Waals surface area contributed by atoms with Gasteiger partial charge in [0, 0.05) is 42.8 Å². The van der Waals surface area contributed by atoms with Crippen molar-refractivity contribution in [1.29, 1.82) is 0 Å². The normalized spacial score (nSPS) is 11.6. The number of aryl methyl sites for hydroxylation is 2. The summed E-state index contributed by atoms with van der Waals surface area (Å²) in [6, 6.07) is 9.99. The highest BCUT2D eigenvalue weighted by atomic mass is 32.2. The third-order valence-electron chi connectivity index (χ3n) is 4.33. The molecule has 3 N–H and O–H groups in total. The van der Waals surface area contributed by atoms with Crippen LogP contribution in [0.1, 0.15) is 31.1 Å². The molecule has 0 spiro atoms. The maximum absolute atomic E-state index is 12.4. The molecule has 0 fully saturated rings. The summed E-state index contributed by atoms with van der Waals surface area (Å²) < 4.78 is 29.0. The van der Waals surface area contributed by atoms with Crippen LogP contribution in [-0.4, -0.2) is 41.0 Å². The third kappa shape index (κ3) is 5.77. The number of benzene rings is 1. The van der Waals surface area contributed by atoms with Crippen LogP contribution in [-0.2, 0) is 10.0 Å². The minimum Gasteiger partial charge on any atom is -0.353 e. The molecule has 2 heterocycles. The lowest BCUT2D eigenvalue weighted by molar-refractivity contribution is 0.577. The minimum absolute atomic E-state index is 0.00703. The Morgan fingerprint density at radius 3 is 2.47 bits per heavy atom. The van der Waals surface area contributed by atoms with Crippen LogP contribution in [0.15, 0.2) is 47.9 Å². The Hall–Kier alpha value is -2.98. The van der Waals surface area contributed by atoms with E-state index in [-0.39, 0.29) is 17.6 Å². The van der Waals surface area contributed by atoms with Crippen LogP contribution in [0, 0.1) is 13.8 Å². The first-order valence-corrected chi connectivity index (χ1v) is 11.2. The van der Waals surface area contributed by atoms with Gasteiger partial charge in [0.25, 0.3) is 10.0 Å². The van der Waals surface area contributed by atoms with Gasteiger partial charge >= 0.3 is 0 Å². The summed E-state index contributed by atoms with van der Waals surface area (Å²) in [5.41, 5.74) is 2.90. The zero-order chi connectivity index (χ0) is 21.7. The number of rotatable bonds is 9. The van der Waals surface area contributed by atoms with E-state index in [0.717, 1.165) is 11.4 Å². The summed E-state index contributed by atoms with van der Waals surface area (Å²) in [6.07, 6.45) is 3.04. The number of hydrogen-bond acceptors (Lipinski definition) is 7. The topological polar surface area (TPSA) is 114 Å². The number of imidazole rings is 1. The van der Waals surface area contributed by atoms with Gasteiger partial charge in [-0.1, -0.05) is 17.7 Å². The van der Waals surface area contributed by atoms with Gasteiger partial charge < -0.3 is 15.2 Å². The smallest absolute Gasteiger partial charge is 0.259 e. The molecule has 0 radical (unpaired) electrons. The Morgan fingerprint density at radius 2 is 1.80 bits per heavy atom. The van der Waals surface area contributed by atoms with E-state index in [0.29, 0.717) is 18.3 Å². The van der Waals surface area contributed by atoms with Crippen LogP contribution >= 0.6 is 0 Å². The first kappa shape index (κ1) is 21.7. The molecule has 0 amide bonds. The Morgan fingerprint density at radius 1 is 1.07 bits per heavy atom. The Kier molecular flexibility index (Phi) is 6.68. The fourth-order valence-corrected chi connectivity index (χ4v) is 3.63. The van der Waals surface area contributed by atoms with Crippen LogP contribution in [0.2, 0.25) is 0 Å². The van der Waals surface area contributed by atoms with E-state index in [1.165, 1.54) is 18.1 Å². The zero-order valence-electron chi connectivity index (χ0n) is 17.5. The van der Waals surface area contributed by atoms with Crippen molar-refractivity contribution >= 4 is 27.5 Å². The lowest BCUT2D eigenvalue weighted by Gasteiger charge is -2.10. The molecular weight excluding hydrogens is 402 g/mol. The van der Waals surface area contributed by atoms with Crippen molar-refractivity contribution in [2.45, 2.75) is 38.8 Å². The molecule has 3 rings (SSSR count). The van der Waals surface area contributed by atoms with E-state index in [2.05, 4.69) is 30.3 Å². The Labute approximate surface area is 177 Å². The van der Waals surface area contributed by atoms with Crippen LogP contribution in [0.4, 0.5) is 17.5 Å². The molecule has 0 atom stereocenters. The summed E-state index contributed by atoms with van der Waals surface area (Å²) in [5.74, 6) is 1.08. The molecule has 160 valence electrons. The Bertz CT molecular complexity index is 1090. The van der Waals surface area contributed by atoms with Gasteiger partial charge in [0.05, 0.1) is 6.33 Å². The lowest BCUT2D eigenvalue weighted by atomic mass is 10.2. The zero-order valence-corrected chi connectivity index (χ0v) is 18.4. The van der Waals surface area contributed by atoms with E-state index in [1.807, 2.05) is 58.0 Å².